The number of aromatic nitrogens is 2. The third-order valence-corrected chi connectivity index (χ3v) is 3.86. The molecule has 0 amide bonds. The lowest BCUT2D eigenvalue weighted by molar-refractivity contribution is 0.717. The van der Waals surface area contributed by atoms with Gasteiger partial charge in [0.05, 0.1) is 11.0 Å². The zero-order chi connectivity index (χ0) is 14.7. The highest BCUT2D eigenvalue weighted by Gasteiger charge is 2.08. The first-order chi connectivity index (χ1) is 10.3. The quantitative estimate of drug-likeness (QED) is 0.764. The molecule has 0 aliphatic heterocycles. The predicted molar refractivity (Wildman–Crippen MR) is 88.8 cm³/mol. The molecule has 3 rings (SSSR count). The van der Waals surface area contributed by atoms with Crippen LogP contribution in [-0.4, -0.2) is 16.1 Å². The van der Waals surface area contributed by atoms with Crippen LogP contribution in [0.15, 0.2) is 48.5 Å². The standard InChI is InChI=1S/C18H21N3/c1-3-21-17-11-7-6-10-16(17)20-18(21)12-13-19-15-9-5-4-8-14(15)2/h4-11,19H,3,12-13H2,1-2H3. The number of nitrogens with one attached hydrogen (secondary N) is 1. The molecule has 0 saturated carbocycles. The normalized spacial score (nSPS) is 11.0. The summed E-state index contributed by atoms with van der Waals surface area (Å²) in [6.45, 7) is 6.16. The van der Waals surface area contributed by atoms with Gasteiger partial charge >= 0.3 is 0 Å². The van der Waals surface area contributed by atoms with E-state index in [1.165, 1.54) is 16.8 Å². The number of aryl methyl sites for hydroxylation is 2. The molecular weight excluding hydrogens is 258 g/mol. The lowest BCUT2D eigenvalue weighted by Crippen LogP contribution is -2.10. The summed E-state index contributed by atoms with van der Waals surface area (Å²) in [5, 5.41) is 3.50. The van der Waals surface area contributed by atoms with Gasteiger partial charge in [0.15, 0.2) is 0 Å². The second-order valence-corrected chi connectivity index (χ2v) is 5.25. The van der Waals surface area contributed by atoms with E-state index >= 15 is 0 Å². The van der Waals surface area contributed by atoms with E-state index in [1.54, 1.807) is 0 Å². The largest absolute Gasteiger partial charge is 0.384 e. The predicted octanol–water partition coefficient (Wildman–Crippen LogP) is 4.02. The van der Waals surface area contributed by atoms with Gasteiger partial charge in [-0.25, -0.2) is 4.98 Å². The van der Waals surface area contributed by atoms with E-state index in [2.05, 4.69) is 66.2 Å². The van der Waals surface area contributed by atoms with Gasteiger partial charge in [0, 0.05) is 25.2 Å². The average molecular weight is 279 g/mol. The van der Waals surface area contributed by atoms with E-state index in [4.69, 9.17) is 4.98 Å². The van der Waals surface area contributed by atoms with Crippen LogP contribution in [0, 0.1) is 6.92 Å². The fourth-order valence-corrected chi connectivity index (χ4v) is 2.75. The Balaban J connectivity index is 1.75. The maximum Gasteiger partial charge on any atom is 0.111 e. The molecule has 3 aromatic rings. The van der Waals surface area contributed by atoms with Crippen LogP contribution in [0.1, 0.15) is 18.3 Å². The first kappa shape index (κ1) is 13.7. The second kappa shape index (κ2) is 6.00. The van der Waals surface area contributed by atoms with Crippen molar-refractivity contribution in [2.75, 3.05) is 11.9 Å². The average Bonchev–Trinajstić information content (AvgIpc) is 2.86. The van der Waals surface area contributed by atoms with Crippen LogP contribution in [0.2, 0.25) is 0 Å². The minimum atomic E-state index is 0.897. The zero-order valence-electron chi connectivity index (χ0n) is 12.6. The fourth-order valence-electron chi connectivity index (χ4n) is 2.75. The Labute approximate surface area is 125 Å². The highest BCUT2D eigenvalue weighted by Crippen LogP contribution is 2.17. The minimum Gasteiger partial charge on any atom is -0.384 e. The van der Waals surface area contributed by atoms with Crippen molar-refractivity contribution in [3.8, 4) is 0 Å². The fraction of sp³-hybridized carbons (Fsp3) is 0.278. The zero-order valence-corrected chi connectivity index (χ0v) is 12.6. The van der Waals surface area contributed by atoms with Crippen molar-refractivity contribution >= 4 is 16.7 Å². The van der Waals surface area contributed by atoms with Crippen LogP contribution >= 0.6 is 0 Å². The molecule has 0 aliphatic rings. The number of hydrogen-bond acceptors (Lipinski definition) is 2. The monoisotopic (exact) mass is 279 g/mol. The van der Waals surface area contributed by atoms with Crippen molar-refractivity contribution in [3.63, 3.8) is 0 Å². The van der Waals surface area contributed by atoms with E-state index in [1.807, 2.05) is 6.07 Å². The molecule has 3 nitrogen and oxygen atoms in total. The number of fused-ring (bicyclic) bond motifs is 1. The molecule has 1 aromatic heterocycles. The summed E-state index contributed by atoms with van der Waals surface area (Å²) in [7, 11) is 0. The molecule has 0 fully saturated rings. The Kier molecular flexibility index (Phi) is 3.91. The Morgan fingerprint density at radius 3 is 2.62 bits per heavy atom. The van der Waals surface area contributed by atoms with Crippen LogP contribution in [-0.2, 0) is 13.0 Å². The van der Waals surface area contributed by atoms with Crippen molar-refractivity contribution in [1.82, 2.24) is 9.55 Å². The summed E-state index contributed by atoms with van der Waals surface area (Å²) in [5.41, 5.74) is 4.80. The molecule has 108 valence electrons. The maximum absolute atomic E-state index is 4.76. The van der Waals surface area contributed by atoms with Gasteiger partial charge in [-0.05, 0) is 37.6 Å². The summed E-state index contributed by atoms with van der Waals surface area (Å²) in [4.78, 5) is 4.76. The number of rotatable bonds is 5. The molecule has 0 aliphatic carbocycles. The van der Waals surface area contributed by atoms with Gasteiger partial charge in [-0.15, -0.1) is 0 Å². The molecule has 0 bridgehead atoms. The number of nitrogens with zero attached hydrogens (tertiary/aromatic N) is 2. The van der Waals surface area contributed by atoms with Crippen molar-refractivity contribution in [2.24, 2.45) is 0 Å². The summed E-state index contributed by atoms with van der Waals surface area (Å²) < 4.78 is 2.30. The molecule has 3 heteroatoms. The SMILES string of the molecule is CCn1c(CCNc2ccccc2C)nc2ccccc21. The minimum absolute atomic E-state index is 0.897. The molecule has 21 heavy (non-hydrogen) atoms. The summed E-state index contributed by atoms with van der Waals surface area (Å²) in [6, 6.07) is 16.7. The molecule has 2 aromatic carbocycles. The van der Waals surface area contributed by atoms with Crippen molar-refractivity contribution in [1.29, 1.82) is 0 Å². The summed E-state index contributed by atoms with van der Waals surface area (Å²) in [5.74, 6) is 1.15. The van der Waals surface area contributed by atoms with Crippen LogP contribution in [0.4, 0.5) is 5.69 Å². The lowest BCUT2D eigenvalue weighted by atomic mass is 10.2. The topological polar surface area (TPSA) is 29.9 Å². The lowest BCUT2D eigenvalue weighted by Gasteiger charge is -2.10. The van der Waals surface area contributed by atoms with E-state index in [0.717, 1.165) is 30.9 Å². The molecule has 0 radical (unpaired) electrons. The van der Waals surface area contributed by atoms with Crippen molar-refractivity contribution in [2.45, 2.75) is 26.8 Å². The van der Waals surface area contributed by atoms with E-state index < -0.39 is 0 Å². The van der Waals surface area contributed by atoms with E-state index in [9.17, 15) is 0 Å². The van der Waals surface area contributed by atoms with Crippen LogP contribution in [0.3, 0.4) is 0 Å². The number of para-hydroxylation sites is 3. The molecule has 1 heterocycles. The Morgan fingerprint density at radius 1 is 1.05 bits per heavy atom. The Morgan fingerprint density at radius 2 is 1.81 bits per heavy atom. The third kappa shape index (κ3) is 2.77. The first-order valence-corrected chi connectivity index (χ1v) is 7.53. The van der Waals surface area contributed by atoms with Crippen molar-refractivity contribution in [3.05, 3.63) is 59.9 Å². The van der Waals surface area contributed by atoms with Crippen LogP contribution in [0.25, 0.3) is 11.0 Å². The number of benzene rings is 2. The molecule has 0 unspecified atom stereocenters. The van der Waals surface area contributed by atoms with Gasteiger partial charge in [-0.1, -0.05) is 30.3 Å². The molecule has 0 spiro atoms. The maximum atomic E-state index is 4.76. The van der Waals surface area contributed by atoms with Gasteiger partial charge in [0.25, 0.3) is 0 Å². The smallest absolute Gasteiger partial charge is 0.111 e. The summed E-state index contributed by atoms with van der Waals surface area (Å²) >= 11 is 0. The molecule has 0 atom stereocenters. The second-order valence-electron chi connectivity index (χ2n) is 5.25. The highest BCUT2D eigenvalue weighted by molar-refractivity contribution is 5.75. The molecular formula is C18H21N3. The highest BCUT2D eigenvalue weighted by atomic mass is 15.1. The first-order valence-electron chi connectivity index (χ1n) is 7.53. The molecule has 1 N–H and O–H groups in total. The van der Waals surface area contributed by atoms with E-state index in [-0.39, 0.29) is 0 Å². The van der Waals surface area contributed by atoms with Crippen LogP contribution < -0.4 is 5.32 Å². The number of anilines is 1. The van der Waals surface area contributed by atoms with Gasteiger partial charge < -0.3 is 9.88 Å². The third-order valence-electron chi connectivity index (χ3n) is 3.86. The van der Waals surface area contributed by atoms with Gasteiger partial charge in [0.1, 0.15) is 5.82 Å². The van der Waals surface area contributed by atoms with Gasteiger partial charge in [0.2, 0.25) is 0 Å². The number of hydrogen-bond donors (Lipinski definition) is 1. The Hall–Kier alpha value is -2.29. The molecule has 0 saturated heterocycles. The van der Waals surface area contributed by atoms with E-state index in [0.29, 0.717) is 0 Å². The Bertz CT molecular complexity index is 743. The van der Waals surface area contributed by atoms with Crippen molar-refractivity contribution < 1.29 is 0 Å². The van der Waals surface area contributed by atoms with Crippen LogP contribution in [0.5, 0.6) is 0 Å². The van der Waals surface area contributed by atoms with Gasteiger partial charge in [-0.2, -0.15) is 0 Å². The summed E-state index contributed by atoms with van der Waals surface area (Å²) in [6.07, 6.45) is 0.927. The number of imidazole rings is 1. The van der Waals surface area contributed by atoms with Gasteiger partial charge in [-0.3, -0.25) is 0 Å².